The van der Waals surface area contributed by atoms with Gasteiger partial charge in [0.2, 0.25) is 5.78 Å². The van der Waals surface area contributed by atoms with E-state index in [1.165, 1.54) is 18.4 Å². The maximum absolute atomic E-state index is 12.9. The van der Waals surface area contributed by atoms with Gasteiger partial charge >= 0.3 is 0 Å². The second kappa shape index (κ2) is 7.84. The van der Waals surface area contributed by atoms with E-state index in [1.54, 1.807) is 20.3 Å². The highest BCUT2D eigenvalue weighted by atomic mass is 16.5. The van der Waals surface area contributed by atoms with Gasteiger partial charge in [-0.3, -0.25) is 9.69 Å². The van der Waals surface area contributed by atoms with Crippen molar-refractivity contribution in [2.24, 2.45) is 0 Å². The summed E-state index contributed by atoms with van der Waals surface area (Å²) < 4.78 is 16.8. The van der Waals surface area contributed by atoms with Crippen molar-refractivity contribution >= 4 is 5.78 Å². The summed E-state index contributed by atoms with van der Waals surface area (Å²) in [5, 5.41) is 0. The van der Waals surface area contributed by atoms with E-state index in [4.69, 9.17) is 14.2 Å². The fourth-order valence-electron chi connectivity index (χ4n) is 4.23. The zero-order valence-electron chi connectivity index (χ0n) is 16.7. The predicted molar refractivity (Wildman–Crippen MR) is 108 cm³/mol. The molecule has 1 aliphatic heterocycles. The van der Waals surface area contributed by atoms with E-state index in [-0.39, 0.29) is 5.78 Å². The Balaban J connectivity index is 1.52. The Morgan fingerprint density at radius 1 is 1.04 bits per heavy atom. The Labute approximate surface area is 166 Å². The van der Waals surface area contributed by atoms with Crippen molar-refractivity contribution in [2.75, 3.05) is 27.3 Å². The third-order valence-electron chi connectivity index (χ3n) is 5.88. The van der Waals surface area contributed by atoms with Gasteiger partial charge in [0.05, 0.1) is 14.2 Å². The van der Waals surface area contributed by atoms with Gasteiger partial charge in [-0.1, -0.05) is 12.1 Å². The Morgan fingerprint density at radius 3 is 2.46 bits per heavy atom. The van der Waals surface area contributed by atoms with Crippen LogP contribution in [0, 0.1) is 0 Å². The lowest BCUT2D eigenvalue weighted by molar-refractivity contribution is 0.0820. The van der Waals surface area contributed by atoms with Crippen LogP contribution >= 0.6 is 0 Å². The molecule has 2 aliphatic rings. The fraction of sp³-hybridized carbons (Fsp3) is 0.435. The van der Waals surface area contributed by atoms with Crippen molar-refractivity contribution in [3.05, 3.63) is 53.1 Å². The van der Waals surface area contributed by atoms with Crippen molar-refractivity contribution in [1.82, 2.24) is 4.90 Å². The summed E-state index contributed by atoms with van der Waals surface area (Å²) in [6.45, 7) is 4.53. The molecule has 0 saturated carbocycles. The maximum Gasteiger partial charge on any atom is 0.204 e. The lowest BCUT2D eigenvalue weighted by Gasteiger charge is -2.24. The molecule has 0 aromatic heterocycles. The van der Waals surface area contributed by atoms with Crippen molar-refractivity contribution < 1.29 is 19.0 Å². The molecule has 4 rings (SSSR count). The number of hydrogen-bond donors (Lipinski definition) is 0. The number of ketones is 1. The number of carbonyl (C=O) groups excluding carboxylic acids is 1. The lowest BCUT2D eigenvalue weighted by atomic mass is 10.1. The highest BCUT2D eigenvalue weighted by Crippen LogP contribution is 2.36. The van der Waals surface area contributed by atoms with Crippen molar-refractivity contribution in [3.63, 3.8) is 0 Å². The summed E-state index contributed by atoms with van der Waals surface area (Å²) in [5.74, 6) is 1.94. The Morgan fingerprint density at radius 2 is 1.75 bits per heavy atom. The molecule has 1 fully saturated rings. The second-order valence-corrected chi connectivity index (χ2v) is 7.53. The van der Waals surface area contributed by atoms with Crippen LogP contribution in [0.3, 0.4) is 0 Å². The average Bonchev–Trinajstić information content (AvgIpc) is 3.35. The molecule has 0 spiro atoms. The van der Waals surface area contributed by atoms with Crippen LogP contribution in [0.2, 0.25) is 0 Å². The Hall–Kier alpha value is -2.53. The first-order valence-electron chi connectivity index (χ1n) is 9.90. The summed E-state index contributed by atoms with van der Waals surface area (Å²) in [4.78, 5) is 15.4. The minimum absolute atomic E-state index is 0.00560. The molecule has 1 aliphatic carbocycles. The Kier molecular flexibility index (Phi) is 5.27. The topological polar surface area (TPSA) is 48.0 Å². The van der Waals surface area contributed by atoms with Crippen LogP contribution in [-0.2, 0) is 6.42 Å². The van der Waals surface area contributed by atoms with Crippen LogP contribution in [0.25, 0.3) is 0 Å². The van der Waals surface area contributed by atoms with Crippen LogP contribution in [0.4, 0.5) is 0 Å². The van der Waals surface area contributed by atoms with E-state index in [2.05, 4.69) is 24.0 Å². The predicted octanol–water partition coefficient (Wildman–Crippen LogP) is 4.05. The van der Waals surface area contributed by atoms with E-state index in [9.17, 15) is 4.79 Å². The van der Waals surface area contributed by atoms with Crippen molar-refractivity contribution in [2.45, 2.75) is 38.3 Å². The summed E-state index contributed by atoms with van der Waals surface area (Å²) in [6, 6.07) is 12.1. The number of benzene rings is 2. The molecular weight excluding hydrogens is 354 g/mol. The zero-order chi connectivity index (χ0) is 19.7. The highest BCUT2D eigenvalue weighted by Gasteiger charge is 2.34. The normalized spacial score (nSPS) is 20.1. The number of hydrogen-bond acceptors (Lipinski definition) is 5. The average molecular weight is 381 g/mol. The lowest BCUT2D eigenvalue weighted by Crippen LogP contribution is -2.24. The molecule has 5 heteroatoms. The van der Waals surface area contributed by atoms with Gasteiger partial charge in [0.25, 0.3) is 0 Å². The summed E-state index contributed by atoms with van der Waals surface area (Å²) in [5.41, 5.74) is 2.82. The molecule has 2 aromatic carbocycles. The van der Waals surface area contributed by atoms with Crippen LogP contribution in [0.15, 0.2) is 36.4 Å². The number of methoxy groups -OCH3 is 2. The van der Waals surface area contributed by atoms with E-state index in [0.29, 0.717) is 29.5 Å². The third kappa shape index (κ3) is 3.47. The molecular formula is C23H27NO4. The van der Waals surface area contributed by atoms with Crippen molar-refractivity contribution in [1.29, 1.82) is 0 Å². The fourth-order valence-corrected chi connectivity index (χ4v) is 4.23. The van der Waals surface area contributed by atoms with E-state index >= 15 is 0 Å². The van der Waals surface area contributed by atoms with Gasteiger partial charge in [0.15, 0.2) is 17.6 Å². The van der Waals surface area contributed by atoms with Gasteiger partial charge in [0.1, 0.15) is 5.75 Å². The van der Waals surface area contributed by atoms with Crippen LogP contribution < -0.4 is 14.2 Å². The van der Waals surface area contributed by atoms with Gasteiger partial charge in [0, 0.05) is 18.0 Å². The molecule has 1 saturated heterocycles. The maximum atomic E-state index is 12.9. The minimum Gasteiger partial charge on any atom is -0.493 e. The quantitative estimate of drug-likeness (QED) is 0.756. The van der Waals surface area contributed by atoms with E-state index in [1.807, 2.05) is 18.2 Å². The first kappa shape index (κ1) is 18.8. The molecule has 0 bridgehead atoms. The van der Waals surface area contributed by atoms with Crippen LogP contribution in [0.1, 0.15) is 47.3 Å². The second-order valence-electron chi connectivity index (χ2n) is 7.53. The smallest absolute Gasteiger partial charge is 0.204 e. The molecule has 28 heavy (non-hydrogen) atoms. The third-order valence-corrected chi connectivity index (χ3v) is 5.88. The zero-order valence-corrected chi connectivity index (χ0v) is 16.7. The Bertz CT molecular complexity index is 873. The highest BCUT2D eigenvalue weighted by molar-refractivity contribution is 6.04. The molecule has 1 heterocycles. The van der Waals surface area contributed by atoms with Gasteiger partial charge in [-0.15, -0.1) is 0 Å². The largest absolute Gasteiger partial charge is 0.493 e. The van der Waals surface area contributed by atoms with E-state index < -0.39 is 6.10 Å². The molecule has 5 nitrogen and oxygen atoms in total. The molecule has 0 N–H and O–H groups in total. The van der Waals surface area contributed by atoms with Gasteiger partial charge in [-0.05, 0) is 68.2 Å². The molecule has 148 valence electrons. The number of fused-ring (bicyclic) bond motifs is 1. The number of likely N-dealkylation sites (tertiary alicyclic amines) is 1. The van der Waals surface area contributed by atoms with Gasteiger partial charge < -0.3 is 14.2 Å². The standard InChI is InChI=1S/C23H27NO4/c1-15(24-9-4-5-10-24)16-7-6-8-18(11-16)28-22-13-17-12-20(26-2)21(27-3)14-19(17)23(22)25/h6-8,11-12,14-15,22H,4-5,9-10,13H2,1-3H3. The van der Waals surface area contributed by atoms with E-state index in [0.717, 1.165) is 24.4 Å². The number of carbonyl (C=O) groups is 1. The number of ether oxygens (including phenoxy) is 3. The van der Waals surface area contributed by atoms with Crippen LogP contribution in [0.5, 0.6) is 17.2 Å². The number of nitrogens with zero attached hydrogens (tertiary/aromatic N) is 1. The van der Waals surface area contributed by atoms with Gasteiger partial charge in [-0.25, -0.2) is 0 Å². The molecule has 0 radical (unpaired) electrons. The molecule has 2 unspecified atom stereocenters. The molecule has 0 amide bonds. The summed E-state index contributed by atoms with van der Waals surface area (Å²) in [6.07, 6.45) is 2.56. The monoisotopic (exact) mass is 381 g/mol. The first-order valence-corrected chi connectivity index (χ1v) is 9.90. The first-order chi connectivity index (χ1) is 13.6. The molecule has 2 aromatic rings. The molecule has 2 atom stereocenters. The van der Waals surface area contributed by atoms with Crippen molar-refractivity contribution in [3.8, 4) is 17.2 Å². The van der Waals surface area contributed by atoms with Gasteiger partial charge in [-0.2, -0.15) is 0 Å². The summed E-state index contributed by atoms with van der Waals surface area (Å²) in [7, 11) is 3.17. The number of rotatable bonds is 6. The SMILES string of the molecule is COc1cc2c(cc1OC)C(=O)C(Oc1cccc(C(C)N3CCCC3)c1)C2. The number of Topliss-reactive ketones (excluding diaryl/α,β-unsaturated/α-hetero) is 1. The summed E-state index contributed by atoms with van der Waals surface area (Å²) >= 11 is 0. The van der Waals surface area contributed by atoms with Crippen LogP contribution in [-0.4, -0.2) is 44.1 Å². The minimum atomic E-state index is -0.510.